The van der Waals surface area contributed by atoms with Gasteiger partial charge in [0, 0.05) is 22.5 Å². The molecule has 126 valence electrons. The number of ether oxygens (including phenoxy) is 2. The van der Waals surface area contributed by atoms with Crippen molar-refractivity contribution >= 4 is 21.8 Å². The van der Waals surface area contributed by atoms with Crippen LogP contribution in [0.4, 0.5) is 0 Å². The van der Waals surface area contributed by atoms with Gasteiger partial charge in [-0.2, -0.15) is 0 Å². The molecule has 0 aliphatic heterocycles. The average Bonchev–Trinajstić information content (AvgIpc) is 3.01. The zero-order chi connectivity index (χ0) is 17.3. The van der Waals surface area contributed by atoms with Gasteiger partial charge in [0.05, 0.1) is 36.5 Å². The molecule has 0 amide bonds. The molecule has 2 heterocycles. The van der Waals surface area contributed by atoms with Crippen molar-refractivity contribution in [1.82, 2.24) is 15.0 Å². The summed E-state index contributed by atoms with van der Waals surface area (Å²) in [5.41, 5.74) is 3.94. The Balaban J connectivity index is 0.00000225. The van der Waals surface area contributed by atoms with Gasteiger partial charge in [0.2, 0.25) is 0 Å². The van der Waals surface area contributed by atoms with Gasteiger partial charge >= 0.3 is 51.4 Å². The fraction of sp³-hybridized carbons (Fsp3) is 0.294. The number of hydrogen-bond acceptors (Lipinski definition) is 5. The van der Waals surface area contributed by atoms with Crippen molar-refractivity contribution in [3.05, 3.63) is 41.2 Å². The number of imidazole rings is 1. The van der Waals surface area contributed by atoms with E-state index in [0.29, 0.717) is 21.9 Å². The average molecular weight is 384 g/mol. The van der Waals surface area contributed by atoms with E-state index in [1.165, 1.54) is 0 Å². The van der Waals surface area contributed by atoms with E-state index >= 15 is 0 Å². The van der Waals surface area contributed by atoms with Gasteiger partial charge < -0.3 is 19.4 Å². The Morgan fingerprint density at radius 1 is 1.20 bits per heavy atom. The van der Waals surface area contributed by atoms with Gasteiger partial charge in [-0.3, -0.25) is 9.19 Å². The maximum absolute atomic E-state index is 12.6. The minimum absolute atomic E-state index is 0. The van der Waals surface area contributed by atoms with Crippen LogP contribution < -0.4 is 65.8 Å². The van der Waals surface area contributed by atoms with E-state index in [1.54, 1.807) is 38.6 Å². The molecule has 0 fully saturated rings. The van der Waals surface area contributed by atoms with E-state index in [1.807, 2.05) is 13.8 Å². The van der Waals surface area contributed by atoms with Crippen molar-refractivity contribution in [3.8, 4) is 11.5 Å². The predicted octanol–water partition coefficient (Wildman–Crippen LogP) is -0.467. The summed E-state index contributed by atoms with van der Waals surface area (Å²) < 4.78 is 23.2. The van der Waals surface area contributed by atoms with Crippen LogP contribution in [0, 0.1) is 13.8 Å². The first-order valence-electron chi connectivity index (χ1n) is 7.39. The van der Waals surface area contributed by atoms with Crippen LogP contribution in [0.3, 0.4) is 0 Å². The molecule has 0 bridgehead atoms. The summed E-state index contributed by atoms with van der Waals surface area (Å²) in [6, 6.07) is 5.39. The zero-order valence-electron chi connectivity index (χ0n) is 15.0. The van der Waals surface area contributed by atoms with Crippen molar-refractivity contribution in [2.24, 2.45) is 0 Å². The molecular formula is C17H18KN3O3S. The Bertz CT molecular complexity index is 927. The summed E-state index contributed by atoms with van der Waals surface area (Å²) in [7, 11) is 1.83. The van der Waals surface area contributed by atoms with Crippen LogP contribution in [0.2, 0.25) is 0 Å². The molecule has 0 unspecified atom stereocenters. The van der Waals surface area contributed by atoms with Gasteiger partial charge in [-0.25, -0.2) is 0 Å². The Morgan fingerprint density at radius 2 is 1.96 bits per heavy atom. The maximum atomic E-state index is 12.6. The standard InChI is InChI=1S/C17H18N3O3S.K/c1-10-8-18-15(11(2)16(10)23-4)9-24(21)17-19-13-6-5-12(22-3)7-14(13)20-17;/h5-8H,9H2,1-4H3;/q-1;+1/t24-;/m1./s1. The summed E-state index contributed by atoms with van der Waals surface area (Å²) in [6.45, 7) is 3.85. The number of aromatic nitrogens is 3. The van der Waals surface area contributed by atoms with Crippen LogP contribution in [0.25, 0.3) is 11.0 Å². The van der Waals surface area contributed by atoms with Crippen LogP contribution in [-0.4, -0.2) is 28.4 Å². The first kappa shape index (κ1) is 20.5. The molecule has 1 aromatic carbocycles. The molecule has 0 radical (unpaired) electrons. The van der Waals surface area contributed by atoms with E-state index < -0.39 is 10.8 Å². The number of nitrogens with zero attached hydrogens (tertiary/aromatic N) is 3. The van der Waals surface area contributed by atoms with Gasteiger partial charge in [0.1, 0.15) is 11.5 Å². The fourth-order valence-electron chi connectivity index (χ4n) is 2.55. The number of benzene rings is 1. The van der Waals surface area contributed by atoms with Gasteiger partial charge in [-0.1, -0.05) is 6.07 Å². The Hall–Kier alpha value is -0.774. The second-order valence-corrected chi connectivity index (χ2v) is 6.74. The van der Waals surface area contributed by atoms with Gasteiger partial charge in [-0.15, -0.1) is 0 Å². The number of pyridine rings is 1. The van der Waals surface area contributed by atoms with Crippen LogP contribution >= 0.6 is 0 Å². The van der Waals surface area contributed by atoms with Crippen LogP contribution in [0.1, 0.15) is 16.8 Å². The molecular weight excluding hydrogens is 365 g/mol. The minimum Gasteiger partial charge on any atom is -0.497 e. The molecule has 2 aromatic heterocycles. The van der Waals surface area contributed by atoms with Crippen molar-refractivity contribution in [3.63, 3.8) is 0 Å². The van der Waals surface area contributed by atoms with Gasteiger partial charge in [0.25, 0.3) is 0 Å². The number of rotatable bonds is 5. The first-order valence-corrected chi connectivity index (χ1v) is 8.71. The first-order chi connectivity index (χ1) is 11.5. The number of aryl methyl sites for hydroxylation is 1. The second kappa shape index (κ2) is 8.74. The van der Waals surface area contributed by atoms with Gasteiger partial charge in [0.15, 0.2) is 0 Å². The second-order valence-electron chi connectivity index (χ2n) is 5.40. The molecule has 0 saturated carbocycles. The third-order valence-corrected chi connectivity index (χ3v) is 4.96. The quantitative estimate of drug-likeness (QED) is 0.555. The van der Waals surface area contributed by atoms with E-state index in [0.717, 1.165) is 22.6 Å². The molecule has 0 spiro atoms. The summed E-state index contributed by atoms with van der Waals surface area (Å²) >= 11 is 0. The smallest absolute Gasteiger partial charge is 0.497 e. The number of methoxy groups -OCH3 is 2. The van der Waals surface area contributed by atoms with Crippen LogP contribution in [0.5, 0.6) is 11.5 Å². The maximum Gasteiger partial charge on any atom is 1.00 e. The summed E-state index contributed by atoms with van der Waals surface area (Å²) in [5.74, 6) is 1.71. The summed E-state index contributed by atoms with van der Waals surface area (Å²) in [6.07, 6.45) is 1.73. The van der Waals surface area contributed by atoms with Crippen molar-refractivity contribution < 1.29 is 65.1 Å². The van der Waals surface area contributed by atoms with Crippen molar-refractivity contribution in [1.29, 1.82) is 0 Å². The number of hydrogen-bond donors (Lipinski definition) is 0. The monoisotopic (exact) mass is 383 g/mol. The largest absolute Gasteiger partial charge is 1.00 e. The van der Waals surface area contributed by atoms with E-state index in [-0.39, 0.29) is 57.1 Å². The number of fused-ring (bicyclic) bond motifs is 1. The van der Waals surface area contributed by atoms with Crippen molar-refractivity contribution in [2.45, 2.75) is 24.8 Å². The molecule has 0 aliphatic carbocycles. The third-order valence-electron chi connectivity index (χ3n) is 3.84. The molecule has 6 nitrogen and oxygen atoms in total. The molecule has 0 N–H and O–H groups in total. The summed E-state index contributed by atoms with van der Waals surface area (Å²) in [4.78, 5) is 13.1. The predicted molar refractivity (Wildman–Crippen MR) is 92.0 cm³/mol. The molecule has 3 rings (SSSR count). The van der Waals surface area contributed by atoms with E-state index in [9.17, 15) is 4.21 Å². The zero-order valence-corrected chi connectivity index (χ0v) is 18.9. The van der Waals surface area contributed by atoms with E-state index in [2.05, 4.69) is 15.0 Å². The summed E-state index contributed by atoms with van der Waals surface area (Å²) in [5, 5.41) is 0.305. The topological polar surface area (TPSA) is 75.4 Å². The molecule has 8 heteroatoms. The third kappa shape index (κ3) is 4.32. The minimum atomic E-state index is -1.38. The Labute approximate surface area is 191 Å². The van der Waals surface area contributed by atoms with Crippen LogP contribution in [-0.2, 0) is 16.6 Å². The molecule has 1 atom stereocenters. The van der Waals surface area contributed by atoms with E-state index in [4.69, 9.17) is 9.47 Å². The Kier molecular flexibility index (Phi) is 7.18. The SMILES string of the molecule is COc1ccc2[n-]c([S@](=O)Cc3ncc(C)c(OC)c3C)nc2c1.[K+]. The normalized spacial score (nSPS) is 11.8. The molecule has 3 aromatic rings. The van der Waals surface area contributed by atoms with Crippen LogP contribution in [0.15, 0.2) is 29.6 Å². The van der Waals surface area contributed by atoms with Crippen molar-refractivity contribution in [2.75, 3.05) is 14.2 Å². The Morgan fingerprint density at radius 3 is 2.64 bits per heavy atom. The molecule has 0 aliphatic rings. The fourth-order valence-corrected chi connectivity index (χ4v) is 3.62. The molecule has 0 saturated heterocycles. The van der Waals surface area contributed by atoms with Gasteiger partial charge in [-0.05, 0) is 37.0 Å². The molecule has 25 heavy (non-hydrogen) atoms.